The van der Waals surface area contributed by atoms with E-state index in [1.807, 2.05) is 42.5 Å². The normalized spacial score (nSPS) is 16.7. The summed E-state index contributed by atoms with van der Waals surface area (Å²) in [4.78, 5) is 23.3. The van der Waals surface area contributed by atoms with E-state index in [9.17, 15) is 4.79 Å². The molecule has 2 aromatic heterocycles. The Balaban J connectivity index is 1.49. The molecular weight excluding hydrogens is 330 g/mol. The van der Waals surface area contributed by atoms with Crippen LogP contribution in [0.15, 0.2) is 53.2 Å². The predicted octanol–water partition coefficient (Wildman–Crippen LogP) is 2.45. The Morgan fingerprint density at radius 1 is 1.23 bits per heavy atom. The molecule has 1 saturated heterocycles. The van der Waals surface area contributed by atoms with Crippen molar-refractivity contribution < 1.29 is 9.32 Å². The van der Waals surface area contributed by atoms with E-state index in [1.165, 1.54) is 0 Å². The first-order valence-electron chi connectivity index (χ1n) is 8.57. The molecular formula is C19H19N5O2. The maximum atomic E-state index is 12.4. The molecule has 1 aliphatic rings. The Morgan fingerprint density at radius 2 is 2.08 bits per heavy atom. The summed E-state index contributed by atoms with van der Waals surface area (Å²) >= 11 is 0. The number of nitrogens with zero attached hydrogens (tertiary/aromatic N) is 4. The number of aromatic nitrogens is 3. The van der Waals surface area contributed by atoms with Crippen molar-refractivity contribution in [2.24, 2.45) is 0 Å². The number of carbonyl (C=O) groups is 1. The topological polar surface area (TPSA) is 84.2 Å². The van der Waals surface area contributed by atoms with Crippen LogP contribution in [0.25, 0.3) is 11.5 Å². The van der Waals surface area contributed by atoms with E-state index in [2.05, 4.69) is 25.3 Å². The minimum atomic E-state index is -0.0498. The molecule has 1 aromatic carbocycles. The van der Waals surface area contributed by atoms with E-state index in [-0.39, 0.29) is 11.9 Å². The number of anilines is 1. The van der Waals surface area contributed by atoms with Crippen molar-refractivity contribution in [3.63, 3.8) is 0 Å². The first-order valence-corrected chi connectivity index (χ1v) is 8.57. The zero-order valence-corrected chi connectivity index (χ0v) is 14.4. The summed E-state index contributed by atoms with van der Waals surface area (Å²) in [6, 6.07) is 13.1. The molecule has 1 atom stereocenters. The van der Waals surface area contributed by atoms with Gasteiger partial charge in [0.25, 0.3) is 11.8 Å². The summed E-state index contributed by atoms with van der Waals surface area (Å²) in [6.45, 7) is 3.28. The summed E-state index contributed by atoms with van der Waals surface area (Å²) in [5.41, 5.74) is 1.48. The van der Waals surface area contributed by atoms with Crippen molar-refractivity contribution in [3.8, 4) is 11.5 Å². The number of hydrogen-bond donors (Lipinski definition) is 1. The van der Waals surface area contributed by atoms with Crippen LogP contribution < -0.4 is 10.2 Å². The van der Waals surface area contributed by atoms with E-state index in [1.54, 1.807) is 13.1 Å². The van der Waals surface area contributed by atoms with Gasteiger partial charge in [0.15, 0.2) is 5.82 Å². The smallest absolute Gasteiger partial charge is 0.261 e. The maximum Gasteiger partial charge on any atom is 0.261 e. The van der Waals surface area contributed by atoms with Crippen molar-refractivity contribution >= 4 is 11.7 Å². The van der Waals surface area contributed by atoms with E-state index < -0.39 is 0 Å². The highest BCUT2D eigenvalue weighted by atomic mass is 16.5. The maximum absolute atomic E-state index is 12.4. The summed E-state index contributed by atoms with van der Waals surface area (Å²) in [5.74, 6) is 1.80. The van der Waals surface area contributed by atoms with Crippen molar-refractivity contribution in [1.29, 1.82) is 0 Å². The summed E-state index contributed by atoms with van der Waals surface area (Å²) in [6.07, 6.45) is 2.61. The van der Waals surface area contributed by atoms with Crippen molar-refractivity contribution in [1.82, 2.24) is 20.4 Å². The van der Waals surface area contributed by atoms with E-state index >= 15 is 0 Å². The number of amides is 1. The monoisotopic (exact) mass is 349 g/mol. The van der Waals surface area contributed by atoms with Gasteiger partial charge in [-0.25, -0.2) is 4.98 Å². The Hall–Kier alpha value is -3.22. The van der Waals surface area contributed by atoms with Gasteiger partial charge in [-0.3, -0.25) is 4.79 Å². The molecule has 1 amide bonds. The second kappa shape index (κ2) is 6.95. The van der Waals surface area contributed by atoms with Crippen LogP contribution in [0.4, 0.5) is 5.82 Å². The van der Waals surface area contributed by atoms with Gasteiger partial charge in [-0.1, -0.05) is 23.4 Å². The Kier molecular flexibility index (Phi) is 4.35. The molecule has 3 aromatic rings. The first-order chi connectivity index (χ1) is 12.7. The second-order valence-electron chi connectivity index (χ2n) is 6.29. The quantitative estimate of drug-likeness (QED) is 0.779. The standard InChI is InChI=1S/C19H19N5O2/c1-13-21-19(26-23-13)16-8-5-10-20-17(16)24-11-9-15(12-24)22-18(25)14-6-3-2-4-7-14/h2-8,10,15H,9,11-12H2,1H3,(H,22,25). The summed E-state index contributed by atoms with van der Waals surface area (Å²) < 4.78 is 5.30. The molecule has 0 radical (unpaired) electrons. The number of carbonyl (C=O) groups excluding carboxylic acids is 1. The third-order valence-electron chi connectivity index (χ3n) is 4.40. The Bertz CT molecular complexity index is 909. The van der Waals surface area contributed by atoms with Crippen LogP contribution in [0.3, 0.4) is 0 Å². The van der Waals surface area contributed by atoms with Gasteiger partial charge < -0.3 is 14.7 Å². The van der Waals surface area contributed by atoms with E-state index in [4.69, 9.17) is 4.52 Å². The molecule has 0 saturated carbocycles. The molecule has 0 aliphatic carbocycles. The predicted molar refractivity (Wildman–Crippen MR) is 96.8 cm³/mol. The molecule has 7 heteroatoms. The number of aryl methyl sites for hydroxylation is 1. The zero-order chi connectivity index (χ0) is 17.9. The second-order valence-corrected chi connectivity index (χ2v) is 6.29. The van der Waals surface area contributed by atoms with Gasteiger partial charge in [-0.05, 0) is 37.6 Å². The average molecular weight is 349 g/mol. The van der Waals surface area contributed by atoms with Crippen LogP contribution in [-0.2, 0) is 0 Å². The van der Waals surface area contributed by atoms with Gasteiger partial charge in [0.2, 0.25) is 0 Å². The molecule has 1 N–H and O–H groups in total. The minimum Gasteiger partial charge on any atom is -0.354 e. The van der Waals surface area contributed by atoms with Gasteiger partial charge in [0, 0.05) is 30.9 Å². The molecule has 4 rings (SSSR count). The highest BCUT2D eigenvalue weighted by Gasteiger charge is 2.27. The Morgan fingerprint density at radius 3 is 2.85 bits per heavy atom. The molecule has 7 nitrogen and oxygen atoms in total. The van der Waals surface area contributed by atoms with Crippen LogP contribution in [0.1, 0.15) is 22.6 Å². The third-order valence-corrected chi connectivity index (χ3v) is 4.40. The van der Waals surface area contributed by atoms with Crippen molar-refractivity contribution in [3.05, 3.63) is 60.0 Å². The Labute approximate surface area is 151 Å². The molecule has 132 valence electrons. The summed E-state index contributed by atoms with van der Waals surface area (Å²) in [5, 5.41) is 6.96. The highest BCUT2D eigenvalue weighted by Crippen LogP contribution is 2.29. The molecule has 1 fully saturated rings. The van der Waals surface area contributed by atoms with Crippen LogP contribution in [0, 0.1) is 6.92 Å². The third kappa shape index (κ3) is 3.28. The minimum absolute atomic E-state index is 0.0498. The number of benzene rings is 1. The fraction of sp³-hybridized carbons (Fsp3) is 0.263. The van der Waals surface area contributed by atoms with Crippen LogP contribution in [-0.4, -0.2) is 40.2 Å². The lowest BCUT2D eigenvalue weighted by molar-refractivity contribution is 0.0940. The molecule has 0 bridgehead atoms. The van der Waals surface area contributed by atoms with E-state index in [0.29, 0.717) is 23.8 Å². The van der Waals surface area contributed by atoms with Crippen LogP contribution >= 0.6 is 0 Å². The van der Waals surface area contributed by atoms with Gasteiger partial charge in [-0.2, -0.15) is 4.98 Å². The fourth-order valence-corrected chi connectivity index (χ4v) is 3.15. The lowest BCUT2D eigenvalue weighted by atomic mass is 10.2. The first kappa shape index (κ1) is 16.3. The largest absolute Gasteiger partial charge is 0.354 e. The lowest BCUT2D eigenvalue weighted by Gasteiger charge is -2.19. The van der Waals surface area contributed by atoms with Crippen molar-refractivity contribution in [2.75, 3.05) is 18.0 Å². The lowest BCUT2D eigenvalue weighted by Crippen LogP contribution is -2.37. The average Bonchev–Trinajstić information content (AvgIpc) is 3.31. The SMILES string of the molecule is Cc1noc(-c2cccnc2N2CCC(NC(=O)c3ccccc3)C2)n1. The van der Waals surface area contributed by atoms with Gasteiger partial charge in [0.05, 0.1) is 5.56 Å². The van der Waals surface area contributed by atoms with Crippen LogP contribution in [0.2, 0.25) is 0 Å². The van der Waals surface area contributed by atoms with Gasteiger partial charge in [0.1, 0.15) is 5.82 Å². The molecule has 1 aliphatic heterocycles. The zero-order valence-electron chi connectivity index (χ0n) is 14.4. The number of rotatable bonds is 4. The van der Waals surface area contributed by atoms with E-state index in [0.717, 1.165) is 24.3 Å². The number of nitrogens with one attached hydrogen (secondary N) is 1. The molecule has 0 spiro atoms. The molecule has 3 heterocycles. The number of pyridine rings is 1. The van der Waals surface area contributed by atoms with Gasteiger partial charge in [-0.15, -0.1) is 0 Å². The summed E-state index contributed by atoms with van der Waals surface area (Å²) in [7, 11) is 0. The highest BCUT2D eigenvalue weighted by molar-refractivity contribution is 5.94. The molecule has 1 unspecified atom stereocenters. The fourth-order valence-electron chi connectivity index (χ4n) is 3.15. The van der Waals surface area contributed by atoms with Crippen LogP contribution in [0.5, 0.6) is 0 Å². The number of hydrogen-bond acceptors (Lipinski definition) is 6. The molecule has 26 heavy (non-hydrogen) atoms. The van der Waals surface area contributed by atoms with Gasteiger partial charge >= 0.3 is 0 Å². The van der Waals surface area contributed by atoms with Crippen molar-refractivity contribution in [2.45, 2.75) is 19.4 Å².